The van der Waals surface area contributed by atoms with Crippen LogP contribution >= 0.6 is 0 Å². The summed E-state index contributed by atoms with van der Waals surface area (Å²) in [5.41, 5.74) is 1.30. The van der Waals surface area contributed by atoms with Crippen molar-refractivity contribution >= 4 is 0 Å². The molecule has 0 aromatic heterocycles. The molecular formula is C18H20FNO. The number of hydrogen-bond donors (Lipinski definition) is 0. The van der Waals surface area contributed by atoms with Crippen LogP contribution in [0.3, 0.4) is 0 Å². The van der Waals surface area contributed by atoms with Crippen LogP contribution < -0.4 is 4.74 Å². The maximum absolute atomic E-state index is 13.0. The second-order valence-corrected chi connectivity index (χ2v) is 5.68. The topological polar surface area (TPSA) is 12.5 Å². The third-order valence-electron chi connectivity index (χ3n) is 4.08. The molecule has 0 amide bonds. The molecule has 21 heavy (non-hydrogen) atoms. The van der Waals surface area contributed by atoms with Crippen LogP contribution in [0.2, 0.25) is 0 Å². The van der Waals surface area contributed by atoms with Crippen LogP contribution in [0, 0.1) is 5.82 Å². The lowest BCUT2D eigenvalue weighted by molar-refractivity contribution is 0.0901. The first-order valence-corrected chi connectivity index (χ1v) is 7.38. The first-order valence-electron chi connectivity index (χ1n) is 7.38. The van der Waals surface area contributed by atoms with Gasteiger partial charge in [0.15, 0.2) is 0 Å². The summed E-state index contributed by atoms with van der Waals surface area (Å²) in [5.74, 6) is 0.854. The number of ether oxygens (including phenoxy) is 1. The Labute approximate surface area is 125 Å². The Morgan fingerprint density at radius 3 is 2.48 bits per heavy atom. The van der Waals surface area contributed by atoms with Gasteiger partial charge in [-0.2, -0.15) is 0 Å². The molecule has 2 atom stereocenters. The average molecular weight is 285 g/mol. The Balaban J connectivity index is 1.79. The largest absolute Gasteiger partial charge is 0.490 e. The second kappa shape index (κ2) is 6.27. The first-order chi connectivity index (χ1) is 10.2. The van der Waals surface area contributed by atoms with Crippen LogP contribution in [0.4, 0.5) is 4.39 Å². The number of hydrogen-bond acceptors (Lipinski definition) is 2. The monoisotopic (exact) mass is 285 g/mol. The third-order valence-corrected chi connectivity index (χ3v) is 4.08. The zero-order chi connectivity index (χ0) is 14.7. The van der Waals surface area contributed by atoms with Gasteiger partial charge in [-0.05, 0) is 43.3 Å². The van der Waals surface area contributed by atoms with Gasteiger partial charge in [0.2, 0.25) is 0 Å². The van der Waals surface area contributed by atoms with Crippen molar-refractivity contribution in [1.82, 2.24) is 4.90 Å². The van der Waals surface area contributed by atoms with E-state index >= 15 is 0 Å². The van der Waals surface area contributed by atoms with E-state index in [2.05, 4.69) is 36.2 Å². The molecular weight excluding hydrogens is 265 g/mol. The van der Waals surface area contributed by atoms with Gasteiger partial charge in [0.25, 0.3) is 0 Å². The van der Waals surface area contributed by atoms with E-state index < -0.39 is 0 Å². The van der Waals surface area contributed by atoms with Gasteiger partial charge in [-0.15, -0.1) is 0 Å². The van der Waals surface area contributed by atoms with E-state index in [0.29, 0.717) is 5.92 Å². The molecule has 2 aromatic rings. The molecule has 0 aliphatic carbocycles. The summed E-state index contributed by atoms with van der Waals surface area (Å²) in [5, 5.41) is 0. The van der Waals surface area contributed by atoms with Crippen LogP contribution in [-0.2, 0) is 0 Å². The molecule has 1 saturated heterocycles. The van der Waals surface area contributed by atoms with Crippen molar-refractivity contribution in [2.75, 3.05) is 20.1 Å². The van der Waals surface area contributed by atoms with Gasteiger partial charge in [0.05, 0.1) is 0 Å². The SMILES string of the molecule is CN1CCC(Oc2ccc(F)cc2)C(c2ccccc2)C1. The van der Waals surface area contributed by atoms with Crippen LogP contribution in [-0.4, -0.2) is 31.1 Å². The molecule has 1 aliphatic rings. The molecule has 2 unspecified atom stereocenters. The molecule has 0 radical (unpaired) electrons. The maximum Gasteiger partial charge on any atom is 0.123 e. The highest BCUT2D eigenvalue weighted by Gasteiger charge is 2.30. The summed E-state index contributed by atoms with van der Waals surface area (Å²) in [6, 6.07) is 16.8. The predicted molar refractivity (Wildman–Crippen MR) is 82.1 cm³/mol. The molecule has 1 fully saturated rings. The predicted octanol–water partition coefficient (Wildman–Crippen LogP) is 3.69. The number of likely N-dealkylation sites (tertiary alicyclic amines) is 1. The van der Waals surface area contributed by atoms with E-state index in [1.165, 1.54) is 17.7 Å². The molecule has 1 heterocycles. The summed E-state index contributed by atoms with van der Waals surface area (Å²) in [6.07, 6.45) is 1.11. The average Bonchev–Trinajstić information content (AvgIpc) is 2.52. The summed E-state index contributed by atoms with van der Waals surface area (Å²) in [4.78, 5) is 2.34. The van der Waals surface area contributed by atoms with E-state index in [9.17, 15) is 4.39 Å². The molecule has 2 nitrogen and oxygen atoms in total. The Morgan fingerprint density at radius 1 is 1.05 bits per heavy atom. The molecule has 0 saturated carbocycles. The minimum atomic E-state index is -0.231. The molecule has 3 rings (SSSR count). The summed E-state index contributed by atoms with van der Waals surface area (Å²) >= 11 is 0. The number of rotatable bonds is 3. The van der Waals surface area contributed by atoms with Gasteiger partial charge in [-0.25, -0.2) is 4.39 Å². The second-order valence-electron chi connectivity index (χ2n) is 5.68. The summed E-state index contributed by atoms with van der Waals surface area (Å²) in [6.45, 7) is 2.01. The highest BCUT2D eigenvalue weighted by molar-refractivity contribution is 5.26. The quantitative estimate of drug-likeness (QED) is 0.852. The van der Waals surface area contributed by atoms with Crippen molar-refractivity contribution < 1.29 is 9.13 Å². The van der Waals surface area contributed by atoms with E-state index in [1.54, 1.807) is 12.1 Å². The van der Waals surface area contributed by atoms with Gasteiger partial charge in [0, 0.05) is 19.0 Å². The number of piperidine rings is 1. The van der Waals surface area contributed by atoms with Crippen LogP contribution in [0.15, 0.2) is 54.6 Å². The minimum absolute atomic E-state index is 0.133. The van der Waals surface area contributed by atoms with Gasteiger partial charge < -0.3 is 9.64 Å². The van der Waals surface area contributed by atoms with Crippen LogP contribution in [0.1, 0.15) is 17.9 Å². The number of benzene rings is 2. The lowest BCUT2D eigenvalue weighted by atomic mass is 9.88. The fourth-order valence-electron chi connectivity index (χ4n) is 2.94. The standard InChI is InChI=1S/C18H20FNO/c1-20-12-11-18(21-16-9-7-15(19)8-10-16)17(13-20)14-5-3-2-4-6-14/h2-10,17-18H,11-13H2,1H3. The molecule has 0 N–H and O–H groups in total. The van der Waals surface area contributed by atoms with E-state index in [1.807, 2.05) is 6.07 Å². The van der Waals surface area contributed by atoms with Crippen LogP contribution in [0.5, 0.6) is 5.75 Å². The van der Waals surface area contributed by atoms with E-state index in [0.717, 1.165) is 25.3 Å². The van der Waals surface area contributed by atoms with Crippen molar-refractivity contribution in [3.05, 3.63) is 66.0 Å². The highest BCUT2D eigenvalue weighted by Crippen LogP contribution is 2.30. The van der Waals surface area contributed by atoms with Crippen molar-refractivity contribution in [3.8, 4) is 5.75 Å². The molecule has 2 aromatic carbocycles. The Morgan fingerprint density at radius 2 is 1.76 bits per heavy atom. The number of nitrogens with zero attached hydrogens (tertiary/aromatic N) is 1. The Bertz CT molecular complexity index is 570. The summed E-state index contributed by atoms with van der Waals surface area (Å²) < 4.78 is 19.1. The molecule has 3 heteroatoms. The van der Waals surface area contributed by atoms with E-state index in [-0.39, 0.29) is 11.9 Å². The van der Waals surface area contributed by atoms with Crippen molar-refractivity contribution in [2.24, 2.45) is 0 Å². The van der Waals surface area contributed by atoms with Crippen molar-refractivity contribution in [1.29, 1.82) is 0 Å². The molecule has 110 valence electrons. The van der Waals surface area contributed by atoms with Gasteiger partial charge in [-0.3, -0.25) is 0 Å². The molecule has 0 spiro atoms. The highest BCUT2D eigenvalue weighted by atomic mass is 19.1. The normalized spacial score (nSPS) is 23.0. The lowest BCUT2D eigenvalue weighted by Crippen LogP contribution is -2.42. The molecule has 1 aliphatic heterocycles. The fraction of sp³-hybridized carbons (Fsp3) is 0.333. The Kier molecular flexibility index (Phi) is 4.20. The lowest BCUT2D eigenvalue weighted by Gasteiger charge is -2.37. The number of likely N-dealkylation sites (N-methyl/N-ethyl adjacent to an activating group) is 1. The zero-order valence-corrected chi connectivity index (χ0v) is 12.2. The van der Waals surface area contributed by atoms with Crippen molar-refractivity contribution in [3.63, 3.8) is 0 Å². The minimum Gasteiger partial charge on any atom is -0.490 e. The van der Waals surface area contributed by atoms with Gasteiger partial charge in [-0.1, -0.05) is 30.3 Å². The van der Waals surface area contributed by atoms with Crippen LogP contribution in [0.25, 0.3) is 0 Å². The molecule has 0 bridgehead atoms. The van der Waals surface area contributed by atoms with Gasteiger partial charge in [0.1, 0.15) is 17.7 Å². The summed E-state index contributed by atoms with van der Waals surface area (Å²) in [7, 11) is 2.14. The van der Waals surface area contributed by atoms with E-state index in [4.69, 9.17) is 4.74 Å². The van der Waals surface area contributed by atoms with Gasteiger partial charge >= 0.3 is 0 Å². The van der Waals surface area contributed by atoms with Crippen molar-refractivity contribution in [2.45, 2.75) is 18.4 Å². The smallest absolute Gasteiger partial charge is 0.123 e. The maximum atomic E-state index is 13.0. The number of halogens is 1. The Hall–Kier alpha value is -1.87. The zero-order valence-electron chi connectivity index (χ0n) is 12.2. The first kappa shape index (κ1) is 14.1. The third kappa shape index (κ3) is 3.42. The fourth-order valence-corrected chi connectivity index (χ4v) is 2.94.